The molecule has 1 unspecified atom stereocenters. The van der Waals surface area contributed by atoms with Crippen molar-refractivity contribution >= 4 is 17.6 Å². The zero-order chi connectivity index (χ0) is 19.9. The summed E-state index contributed by atoms with van der Waals surface area (Å²) in [6.45, 7) is 1.66. The molecule has 6 nitrogen and oxygen atoms in total. The molecule has 6 heteroatoms. The molecule has 1 fully saturated rings. The van der Waals surface area contributed by atoms with Crippen LogP contribution in [0.5, 0.6) is 0 Å². The smallest absolute Gasteiger partial charge is 0.227 e. The Bertz CT molecular complexity index is 807. The van der Waals surface area contributed by atoms with Gasteiger partial charge in [0.25, 0.3) is 0 Å². The third kappa shape index (κ3) is 5.09. The second-order valence-electron chi connectivity index (χ2n) is 7.44. The largest absolute Gasteiger partial charge is 0.362 e. The summed E-state index contributed by atoms with van der Waals surface area (Å²) in [5, 5.41) is 3.03. The van der Waals surface area contributed by atoms with Gasteiger partial charge in [0, 0.05) is 45.5 Å². The average Bonchev–Trinajstić information content (AvgIpc) is 2.73. The molecule has 0 spiro atoms. The highest BCUT2D eigenvalue weighted by atomic mass is 16.2. The van der Waals surface area contributed by atoms with Gasteiger partial charge in [-0.05, 0) is 24.5 Å². The van der Waals surface area contributed by atoms with Crippen LogP contribution in [0.15, 0.2) is 48.7 Å². The van der Waals surface area contributed by atoms with E-state index in [1.807, 2.05) is 66.4 Å². The highest BCUT2D eigenvalue weighted by Gasteiger charge is 2.28. The number of amides is 2. The van der Waals surface area contributed by atoms with Gasteiger partial charge < -0.3 is 15.1 Å². The fourth-order valence-electron chi connectivity index (χ4n) is 3.60. The van der Waals surface area contributed by atoms with Crippen LogP contribution in [0.1, 0.15) is 24.0 Å². The second kappa shape index (κ2) is 9.35. The molecule has 3 rings (SSSR count). The van der Waals surface area contributed by atoms with Gasteiger partial charge in [0.05, 0.1) is 12.3 Å². The zero-order valence-electron chi connectivity index (χ0n) is 16.6. The Morgan fingerprint density at radius 1 is 1.18 bits per heavy atom. The minimum atomic E-state index is -0.159. The van der Waals surface area contributed by atoms with E-state index >= 15 is 0 Å². The highest BCUT2D eigenvalue weighted by molar-refractivity contribution is 5.82. The Kier molecular flexibility index (Phi) is 6.63. The van der Waals surface area contributed by atoms with Crippen molar-refractivity contribution in [2.75, 3.05) is 32.1 Å². The molecular weight excluding hydrogens is 352 g/mol. The number of nitrogens with zero attached hydrogens (tertiary/aromatic N) is 3. The van der Waals surface area contributed by atoms with Crippen LogP contribution in [-0.4, -0.2) is 48.9 Å². The summed E-state index contributed by atoms with van der Waals surface area (Å²) < 4.78 is 0. The molecule has 1 aliphatic rings. The van der Waals surface area contributed by atoms with Crippen LogP contribution in [0.4, 0.5) is 5.82 Å². The molecule has 1 saturated heterocycles. The van der Waals surface area contributed by atoms with Gasteiger partial charge in [-0.3, -0.25) is 9.59 Å². The van der Waals surface area contributed by atoms with Crippen LogP contribution in [-0.2, 0) is 22.6 Å². The highest BCUT2D eigenvalue weighted by Crippen LogP contribution is 2.19. The molecule has 1 aliphatic heterocycles. The van der Waals surface area contributed by atoms with Crippen LogP contribution >= 0.6 is 0 Å². The number of hydrogen-bond acceptors (Lipinski definition) is 4. The van der Waals surface area contributed by atoms with E-state index in [-0.39, 0.29) is 17.7 Å². The maximum Gasteiger partial charge on any atom is 0.227 e. The molecule has 0 radical (unpaired) electrons. The Hall–Kier alpha value is -2.89. The van der Waals surface area contributed by atoms with Crippen LogP contribution < -0.4 is 10.2 Å². The van der Waals surface area contributed by atoms with E-state index in [9.17, 15) is 9.59 Å². The van der Waals surface area contributed by atoms with E-state index in [4.69, 9.17) is 0 Å². The fourth-order valence-corrected chi connectivity index (χ4v) is 3.60. The third-order valence-corrected chi connectivity index (χ3v) is 5.09. The number of carbonyl (C=O) groups excluding carboxylic acids is 2. The molecule has 148 valence electrons. The van der Waals surface area contributed by atoms with E-state index in [1.54, 1.807) is 6.20 Å². The van der Waals surface area contributed by atoms with Crippen molar-refractivity contribution in [3.8, 4) is 0 Å². The number of likely N-dealkylation sites (tertiary alicyclic amines) is 1. The quantitative estimate of drug-likeness (QED) is 0.835. The van der Waals surface area contributed by atoms with Crippen LogP contribution in [0.25, 0.3) is 0 Å². The van der Waals surface area contributed by atoms with Crippen molar-refractivity contribution in [1.29, 1.82) is 0 Å². The van der Waals surface area contributed by atoms with Gasteiger partial charge in [0.2, 0.25) is 11.8 Å². The maximum atomic E-state index is 12.7. The molecule has 2 heterocycles. The van der Waals surface area contributed by atoms with Gasteiger partial charge in [-0.15, -0.1) is 0 Å². The number of rotatable bonds is 6. The summed E-state index contributed by atoms with van der Waals surface area (Å²) >= 11 is 0. The number of aromatic nitrogens is 1. The van der Waals surface area contributed by atoms with Crippen molar-refractivity contribution in [1.82, 2.24) is 15.2 Å². The number of anilines is 1. The van der Waals surface area contributed by atoms with Gasteiger partial charge in [-0.1, -0.05) is 36.4 Å². The predicted octanol–water partition coefficient (Wildman–Crippen LogP) is 2.25. The molecule has 1 atom stereocenters. The van der Waals surface area contributed by atoms with E-state index in [0.717, 1.165) is 36.3 Å². The number of nitrogens with one attached hydrogen (secondary N) is 1. The fraction of sp³-hybridized carbons (Fsp3) is 0.409. The molecule has 1 aromatic heterocycles. The first kappa shape index (κ1) is 19.9. The van der Waals surface area contributed by atoms with Gasteiger partial charge in [0.1, 0.15) is 5.82 Å². The van der Waals surface area contributed by atoms with Gasteiger partial charge in [-0.25, -0.2) is 4.98 Å². The lowest BCUT2D eigenvalue weighted by molar-refractivity contribution is -0.135. The molecule has 2 aromatic rings. The molecule has 0 bridgehead atoms. The van der Waals surface area contributed by atoms with Gasteiger partial charge in [0.15, 0.2) is 0 Å². The number of hydrogen-bond donors (Lipinski definition) is 1. The normalized spacial score (nSPS) is 16.5. The molecule has 1 N–H and O–H groups in total. The van der Waals surface area contributed by atoms with E-state index in [0.29, 0.717) is 19.5 Å². The van der Waals surface area contributed by atoms with Gasteiger partial charge >= 0.3 is 0 Å². The monoisotopic (exact) mass is 380 g/mol. The molecule has 28 heavy (non-hydrogen) atoms. The molecular formula is C22H28N4O2. The lowest BCUT2D eigenvalue weighted by atomic mass is 9.96. The number of carbonyl (C=O) groups is 2. The molecule has 1 aromatic carbocycles. The summed E-state index contributed by atoms with van der Waals surface area (Å²) in [5.74, 6) is 0.788. The lowest BCUT2D eigenvalue weighted by Gasteiger charge is -2.32. The van der Waals surface area contributed by atoms with Crippen molar-refractivity contribution in [2.24, 2.45) is 5.92 Å². The first-order valence-electron chi connectivity index (χ1n) is 9.75. The second-order valence-corrected chi connectivity index (χ2v) is 7.44. The number of benzene rings is 1. The Balaban J connectivity index is 1.55. The Morgan fingerprint density at radius 2 is 1.96 bits per heavy atom. The van der Waals surface area contributed by atoms with Crippen molar-refractivity contribution < 1.29 is 9.59 Å². The summed E-state index contributed by atoms with van der Waals surface area (Å²) in [6, 6.07) is 13.6. The summed E-state index contributed by atoms with van der Waals surface area (Å²) in [5.41, 5.74) is 1.99. The summed E-state index contributed by atoms with van der Waals surface area (Å²) in [4.78, 5) is 33.4. The first-order chi connectivity index (χ1) is 13.5. The van der Waals surface area contributed by atoms with Crippen molar-refractivity contribution in [3.05, 3.63) is 59.8 Å². The van der Waals surface area contributed by atoms with Crippen molar-refractivity contribution in [3.63, 3.8) is 0 Å². The van der Waals surface area contributed by atoms with Crippen LogP contribution in [0, 0.1) is 5.92 Å². The average molecular weight is 380 g/mol. The van der Waals surface area contributed by atoms with Crippen molar-refractivity contribution in [2.45, 2.75) is 25.8 Å². The number of piperidine rings is 1. The summed E-state index contributed by atoms with van der Waals surface area (Å²) in [7, 11) is 3.87. The molecule has 2 amide bonds. The van der Waals surface area contributed by atoms with Crippen LogP contribution in [0.3, 0.4) is 0 Å². The van der Waals surface area contributed by atoms with E-state index < -0.39 is 0 Å². The summed E-state index contributed by atoms with van der Waals surface area (Å²) in [6.07, 6.45) is 3.80. The standard InChI is InChI=1S/C22H28N4O2/c1-25(2)21-18(10-6-12-23-21)15-24-22(28)19-11-7-13-26(16-19)20(27)14-17-8-4-3-5-9-17/h3-6,8-10,12,19H,7,11,13-16H2,1-2H3,(H,24,28). The molecule has 0 aliphatic carbocycles. The van der Waals surface area contributed by atoms with E-state index in [1.165, 1.54) is 0 Å². The first-order valence-corrected chi connectivity index (χ1v) is 9.75. The minimum Gasteiger partial charge on any atom is -0.362 e. The Morgan fingerprint density at radius 3 is 2.71 bits per heavy atom. The topological polar surface area (TPSA) is 65.5 Å². The third-order valence-electron chi connectivity index (χ3n) is 5.09. The van der Waals surface area contributed by atoms with Crippen LogP contribution in [0.2, 0.25) is 0 Å². The van der Waals surface area contributed by atoms with Gasteiger partial charge in [-0.2, -0.15) is 0 Å². The Labute approximate surface area is 166 Å². The minimum absolute atomic E-state index is 0.00534. The lowest BCUT2D eigenvalue weighted by Crippen LogP contribution is -2.45. The molecule has 0 saturated carbocycles. The number of pyridine rings is 1. The van der Waals surface area contributed by atoms with E-state index in [2.05, 4.69) is 10.3 Å². The maximum absolute atomic E-state index is 12.7. The predicted molar refractivity (Wildman–Crippen MR) is 110 cm³/mol. The SMILES string of the molecule is CN(C)c1ncccc1CNC(=O)C1CCCN(C(=O)Cc2ccccc2)C1. The zero-order valence-corrected chi connectivity index (χ0v) is 16.6.